The molecular formula is C15H17ClN4S. The van der Waals surface area contributed by atoms with E-state index in [0.717, 1.165) is 34.1 Å². The zero-order valence-electron chi connectivity index (χ0n) is 12.3. The van der Waals surface area contributed by atoms with Crippen LogP contribution in [0.5, 0.6) is 0 Å². The molecule has 21 heavy (non-hydrogen) atoms. The van der Waals surface area contributed by atoms with Crippen LogP contribution in [0.2, 0.25) is 0 Å². The molecule has 4 nitrogen and oxygen atoms in total. The van der Waals surface area contributed by atoms with Crippen LogP contribution in [0.3, 0.4) is 0 Å². The fraction of sp³-hybridized carbons (Fsp3) is 0.400. The molecule has 0 aromatic carbocycles. The van der Waals surface area contributed by atoms with Gasteiger partial charge in [-0.1, -0.05) is 0 Å². The van der Waals surface area contributed by atoms with Crippen LogP contribution in [0.4, 0.5) is 0 Å². The molecule has 1 atom stereocenters. The molecule has 0 spiro atoms. The lowest BCUT2D eigenvalue weighted by Gasteiger charge is -2.16. The number of nitrogens with zero attached hydrogens (tertiary/aromatic N) is 4. The second-order valence-corrected chi connectivity index (χ2v) is 6.65. The average molecular weight is 321 g/mol. The summed E-state index contributed by atoms with van der Waals surface area (Å²) in [5.74, 6) is 1.54. The van der Waals surface area contributed by atoms with Crippen molar-refractivity contribution in [1.29, 1.82) is 0 Å². The highest BCUT2D eigenvalue weighted by Gasteiger charge is 2.21. The van der Waals surface area contributed by atoms with Crippen molar-refractivity contribution < 1.29 is 0 Å². The van der Waals surface area contributed by atoms with Gasteiger partial charge in [-0.2, -0.15) is 0 Å². The highest BCUT2D eigenvalue weighted by molar-refractivity contribution is 7.11. The molecule has 0 radical (unpaired) electrons. The predicted octanol–water partition coefficient (Wildman–Crippen LogP) is 3.90. The van der Waals surface area contributed by atoms with E-state index in [9.17, 15) is 0 Å². The molecule has 0 N–H and O–H groups in total. The Kier molecular flexibility index (Phi) is 3.95. The van der Waals surface area contributed by atoms with Crippen molar-refractivity contribution in [1.82, 2.24) is 19.5 Å². The highest BCUT2D eigenvalue weighted by atomic mass is 35.5. The summed E-state index contributed by atoms with van der Waals surface area (Å²) in [6, 6.07) is 4.07. The smallest absolute Gasteiger partial charge is 0.160 e. The zero-order valence-corrected chi connectivity index (χ0v) is 13.9. The van der Waals surface area contributed by atoms with Crippen molar-refractivity contribution in [3.05, 3.63) is 39.7 Å². The summed E-state index contributed by atoms with van der Waals surface area (Å²) in [7, 11) is 0. The normalized spacial score (nSPS) is 13.0. The fourth-order valence-electron chi connectivity index (χ4n) is 2.70. The van der Waals surface area contributed by atoms with E-state index in [4.69, 9.17) is 11.6 Å². The van der Waals surface area contributed by atoms with Gasteiger partial charge in [-0.3, -0.25) is 0 Å². The molecule has 0 saturated carbocycles. The zero-order chi connectivity index (χ0) is 15.0. The molecule has 6 heteroatoms. The van der Waals surface area contributed by atoms with Crippen LogP contribution in [0.1, 0.15) is 34.4 Å². The molecule has 1 unspecified atom stereocenters. The first kappa shape index (κ1) is 14.5. The number of thiazole rings is 1. The van der Waals surface area contributed by atoms with Gasteiger partial charge >= 0.3 is 0 Å². The van der Waals surface area contributed by atoms with Crippen molar-refractivity contribution in [3.63, 3.8) is 0 Å². The molecule has 0 bridgehead atoms. The summed E-state index contributed by atoms with van der Waals surface area (Å²) in [5.41, 5.74) is 2.92. The monoisotopic (exact) mass is 320 g/mol. The summed E-state index contributed by atoms with van der Waals surface area (Å²) >= 11 is 7.67. The number of alkyl halides is 1. The minimum Gasteiger partial charge on any atom is -0.304 e. The van der Waals surface area contributed by atoms with Gasteiger partial charge in [-0.25, -0.2) is 15.0 Å². The lowest BCUT2D eigenvalue weighted by molar-refractivity contribution is 0.624. The Balaban J connectivity index is 2.17. The maximum atomic E-state index is 5.94. The molecule has 0 saturated heterocycles. The number of pyridine rings is 1. The van der Waals surface area contributed by atoms with E-state index in [0.29, 0.717) is 5.88 Å². The van der Waals surface area contributed by atoms with E-state index in [1.54, 1.807) is 11.3 Å². The summed E-state index contributed by atoms with van der Waals surface area (Å²) in [5, 5.41) is 1.09. The first-order valence-electron chi connectivity index (χ1n) is 6.93. The van der Waals surface area contributed by atoms with Gasteiger partial charge < -0.3 is 4.57 Å². The van der Waals surface area contributed by atoms with Crippen LogP contribution < -0.4 is 0 Å². The van der Waals surface area contributed by atoms with Crippen molar-refractivity contribution >= 4 is 34.1 Å². The molecule has 0 aliphatic carbocycles. The first-order valence-corrected chi connectivity index (χ1v) is 8.28. The Morgan fingerprint density at radius 1 is 1.33 bits per heavy atom. The predicted molar refractivity (Wildman–Crippen MR) is 87.4 cm³/mol. The Morgan fingerprint density at radius 3 is 2.81 bits per heavy atom. The van der Waals surface area contributed by atoms with Gasteiger partial charge in [0.15, 0.2) is 5.65 Å². The molecule has 0 amide bonds. The largest absolute Gasteiger partial charge is 0.304 e. The SMILES string of the molecule is Cc1nc(C)c(C(C)n2c(CCCl)nc3cccnc32)s1. The number of rotatable bonds is 4. The van der Waals surface area contributed by atoms with Crippen LogP contribution in [0, 0.1) is 13.8 Å². The standard InChI is InChI=1S/C15H17ClN4S/c1-9-14(21-11(3)18-9)10(2)20-13(6-7-16)19-12-5-4-8-17-15(12)20/h4-5,8,10H,6-7H2,1-3H3. The van der Waals surface area contributed by atoms with E-state index < -0.39 is 0 Å². The lowest BCUT2D eigenvalue weighted by Crippen LogP contribution is -2.11. The summed E-state index contributed by atoms with van der Waals surface area (Å²) < 4.78 is 2.19. The molecule has 3 aromatic heterocycles. The molecule has 110 valence electrons. The van der Waals surface area contributed by atoms with Gasteiger partial charge in [0, 0.05) is 18.5 Å². The Morgan fingerprint density at radius 2 is 2.14 bits per heavy atom. The van der Waals surface area contributed by atoms with E-state index in [2.05, 4.69) is 33.4 Å². The van der Waals surface area contributed by atoms with E-state index in [1.807, 2.05) is 25.3 Å². The van der Waals surface area contributed by atoms with E-state index in [-0.39, 0.29) is 6.04 Å². The summed E-state index contributed by atoms with van der Waals surface area (Å²) in [6.07, 6.45) is 2.54. The third kappa shape index (κ3) is 2.56. The number of fused-ring (bicyclic) bond motifs is 1. The minimum absolute atomic E-state index is 0.161. The van der Waals surface area contributed by atoms with Crippen LogP contribution in [-0.2, 0) is 6.42 Å². The third-order valence-electron chi connectivity index (χ3n) is 3.55. The highest BCUT2D eigenvalue weighted by Crippen LogP contribution is 2.31. The van der Waals surface area contributed by atoms with Gasteiger partial charge in [0.1, 0.15) is 11.3 Å². The molecule has 3 heterocycles. The fourth-order valence-corrected chi connectivity index (χ4v) is 3.84. The second-order valence-electron chi connectivity index (χ2n) is 5.04. The number of aryl methyl sites for hydroxylation is 3. The van der Waals surface area contributed by atoms with Gasteiger partial charge in [-0.15, -0.1) is 22.9 Å². The number of hydrogen-bond donors (Lipinski definition) is 0. The number of imidazole rings is 1. The summed E-state index contributed by atoms with van der Waals surface area (Å²) in [4.78, 5) is 15.0. The number of halogens is 1. The average Bonchev–Trinajstić information content (AvgIpc) is 2.98. The molecule has 3 rings (SSSR count). The van der Waals surface area contributed by atoms with Crippen LogP contribution in [0.25, 0.3) is 11.2 Å². The number of aromatic nitrogens is 4. The van der Waals surface area contributed by atoms with Gasteiger partial charge in [0.2, 0.25) is 0 Å². The first-order chi connectivity index (χ1) is 10.1. The minimum atomic E-state index is 0.161. The molecular weight excluding hydrogens is 304 g/mol. The van der Waals surface area contributed by atoms with Crippen LogP contribution in [-0.4, -0.2) is 25.4 Å². The Bertz CT molecular complexity index is 777. The van der Waals surface area contributed by atoms with Crippen molar-refractivity contribution in [2.75, 3.05) is 5.88 Å². The van der Waals surface area contributed by atoms with Crippen LogP contribution in [0.15, 0.2) is 18.3 Å². The van der Waals surface area contributed by atoms with Gasteiger partial charge in [0.25, 0.3) is 0 Å². The molecule has 0 aliphatic heterocycles. The Labute approximate surface area is 132 Å². The third-order valence-corrected chi connectivity index (χ3v) is 4.98. The lowest BCUT2D eigenvalue weighted by atomic mass is 10.2. The maximum Gasteiger partial charge on any atom is 0.160 e. The molecule has 3 aromatic rings. The summed E-state index contributed by atoms with van der Waals surface area (Å²) in [6.45, 7) is 6.27. The topological polar surface area (TPSA) is 43.6 Å². The van der Waals surface area contributed by atoms with Crippen molar-refractivity contribution in [3.8, 4) is 0 Å². The Hall–Kier alpha value is -1.46. The van der Waals surface area contributed by atoms with Crippen molar-refractivity contribution in [2.45, 2.75) is 33.2 Å². The van der Waals surface area contributed by atoms with Crippen molar-refractivity contribution in [2.24, 2.45) is 0 Å². The van der Waals surface area contributed by atoms with Gasteiger partial charge in [-0.05, 0) is 32.9 Å². The maximum absolute atomic E-state index is 5.94. The second kappa shape index (κ2) is 5.73. The van der Waals surface area contributed by atoms with Crippen LogP contribution >= 0.6 is 22.9 Å². The number of hydrogen-bond acceptors (Lipinski definition) is 4. The van der Waals surface area contributed by atoms with E-state index in [1.165, 1.54) is 4.88 Å². The quantitative estimate of drug-likeness (QED) is 0.685. The van der Waals surface area contributed by atoms with E-state index >= 15 is 0 Å². The van der Waals surface area contributed by atoms with Gasteiger partial charge in [0.05, 0.1) is 21.6 Å². The molecule has 0 aliphatic rings. The molecule has 0 fully saturated rings.